The molecule has 0 bridgehead atoms. The van der Waals surface area contributed by atoms with Crippen LogP contribution in [0.5, 0.6) is 5.75 Å². The van der Waals surface area contributed by atoms with Crippen LogP contribution in [0.3, 0.4) is 0 Å². The maximum Gasteiger partial charge on any atom is 0.208 e. The van der Waals surface area contributed by atoms with E-state index in [0.29, 0.717) is 12.4 Å². The van der Waals surface area contributed by atoms with Crippen molar-refractivity contribution in [1.29, 1.82) is 0 Å². The smallest absolute Gasteiger partial charge is 0.208 e. The Labute approximate surface area is 91.9 Å². The summed E-state index contributed by atoms with van der Waals surface area (Å²) in [5.74, 6) is 2.33. The van der Waals surface area contributed by atoms with Gasteiger partial charge >= 0.3 is 0 Å². The molecule has 80 valence electrons. The van der Waals surface area contributed by atoms with Gasteiger partial charge in [-0.1, -0.05) is 0 Å². The second kappa shape index (κ2) is 4.46. The Morgan fingerprint density at radius 1 is 1.60 bits per heavy atom. The van der Waals surface area contributed by atoms with E-state index in [4.69, 9.17) is 9.15 Å². The van der Waals surface area contributed by atoms with Gasteiger partial charge in [-0.2, -0.15) is 0 Å². The zero-order chi connectivity index (χ0) is 10.7. The van der Waals surface area contributed by atoms with Gasteiger partial charge in [0.2, 0.25) is 5.89 Å². The van der Waals surface area contributed by atoms with Gasteiger partial charge in [0, 0.05) is 11.4 Å². The number of hydrogen-bond acceptors (Lipinski definition) is 5. The molecule has 0 unspecified atom stereocenters. The second-order valence-electron chi connectivity index (χ2n) is 3.00. The lowest BCUT2D eigenvalue weighted by atomic mass is 10.4. The van der Waals surface area contributed by atoms with Crippen molar-refractivity contribution < 1.29 is 9.15 Å². The lowest BCUT2D eigenvalue weighted by molar-refractivity contribution is 0.416. The molecule has 0 fully saturated rings. The number of thiophene rings is 1. The fourth-order valence-corrected chi connectivity index (χ4v) is 2.01. The molecule has 0 saturated carbocycles. The van der Waals surface area contributed by atoms with Crippen LogP contribution in [0.1, 0.15) is 5.89 Å². The van der Waals surface area contributed by atoms with Crippen LogP contribution < -0.4 is 10.1 Å². The lowest BCUT2D eigenvalue weighted by Crippen LogP contribution is -2.04. The van der Waals surface area contributed by atoms with Crippen LogP contribution in [0.25, 0.3) is 10.6 Å². The van der Waals surface area contributed by atoms with Gasteiger partial charge in [-0.3, -0.25) is 0 Å². The first-order chi connectivity index (χ1) is 7.33. The summed E-state index contributed by atoms with van der Waals surface area (Å²) < 4.78 is 10.7. The molecule has 2 heterocycles. The number of nitrogens with zero attached hydrogens (tertiary/aromatic N) is 1. The summed E-state index contributed by atoms with van der Waals surface area (Å²) in [6, 6.07) is 1.94. The third-order valence-electron chi connectivity index (χ3n) is 1.94. The van der Waals surface area contributed by atoms with Crippen molar-refractivity contribution in [2.75, 3.05) is 14.2 Å². The predicted octanol–water partition coefficient (Wildman–Crippen LogP) is 2.13. The highest BCUT2D eigenvalue weighted by Crippen LogP contribution is 2.31. The Hall–Kier alpha value is -1.33. The lowest BCUT2D eigenvalue weighted by Gasteiger charge is -1.91. The molecule has 2 aromatic heterocycles. The highest BCUT2D eigenvalue weighted by Gasteiger charge is 2.08. The molecule has 0 spiro atoms. The fourth-order valence-electron chi connectivity index (χ4n) is 1.21. The summed E-state index contributed by atoms with van der Waals surface area (Å²) in [4.78, 5) is 5.18. The monoisotopic (exact) mass is 224 g/mol. The predicted molar refractivity (Wildman–Crippen MR) is 59.1 cm³/mol. The van der Waals surface area contributed by atoms with Gasteiger partial charge in [-0.25, -0.2) is 4.98 Å². The summed E-state index contributed by atoms with van der Waals surface area (Å²) in [6.07, 6.45) is 1.73. The zero-order valence-electron chi connectivity index (χ0n) is 8.61. The highest BCUT2D eigenvalue weighted by molar-refractivity contribution is 7.13. The van der Waals surface area contributed by atoms with Gasteiger partial charge in [0.15, 0.2) is 5.76 Å². The SMILES string of the molecule is CNCc1ncc(-c2cc(OC)cs2)o1. The van der Waals surface area contributed by atoms with Crippen LogP contribution in [-0.4, -0.2) is 19.1 Å². The van der Waals surface area contributed by atoms with Gasteiger partial charge in [0.05, 0.1) is 24.7 Å². The number of hydrogen-bond donors (Lipinski definition) is 1. The molecule has 5 heteroatoms. The zero-order valence-corrected chi connectivity index (χ0v) is 9.43. The standard InChI is InChI=1S/C10H12N2O2S/c1-11-5-10-12-4-8(14-10)9-3-7(13-2)6-15-9/h3-4,6,11H,5H2,1-2H3. The number of ether oxygens (including phenoxy) is 1. The molecule has 0 aliphatic carbocycles. The number of nitrogens with one attached hydrogen (secondary N) is 1. The Balaban J connectivity index is 2.21. The summed E-state index contributed by atoms with van der Waals surface area (Å²) in [5, 5.41) is 4.93. The number of aromatic nitrogens is 1. The molecular formula is C10H12N2O2S. The van der Waals surface area contributed by atoms with E-state index in [1.807, 2.05) is 18.5 Å². The second-order valence-corrected chi connectivity index (χ2v) is 3.91. The topological polar surface area (TPSA) is 47.3 Å². The Morgan fingerprint density at radius 2 is 2.47 bits per heavy atom. The van der Waals surface area contributed by atoms with Gasteiger partial charge < -0.3 is 14.5 Å². The summed E-state index contributed by atoms with van der Waals surface area (Å²) in [5.41, 5.74) is 0. The summed E-state index contributed by atoms with van der Waals surface area (Å²) in [6.45, 7) is 0.641. The van der Waals surface area contributed by atoms with E-state index in [9.17, 15) is 0 Å². The Bertz CT molecular complexity index is 436. The van der Waals surface area contributed by atoms with Crippen molar-refractivity contribution in [2.45, 2.75) is 6.54 Å². The normalized spacial score (nSPS) is 10.5. The Morgan fingerprint density at radius 3 is 3.13 bits per heavy atom. The molecule has 0 aliphatic heterocycles. The van der Waals surface area contributed by atoms with Gasteiger partial charge in [-0.15, -0.1) is 11.3 Å². The molecule has 0 aliphatic rings. The van der Waals surface area contributed by atoms with Gasteiger partial charge in [0.1, 0.15) is 5.75 Å². The van der Waals surface area contributed by atoms with Gasteiger partial charge in [0.25, 0.3) is 0 Å². The van der Waals surface area contributed by atoms with E-state index < -0.39 is 0 Å². The third kappa shape index (κ3) is 2.19. The fraction of sp³-hybridized carbons (Fsp3) is 0.300. The van der Waals surface area contributed by atoms with E-state index in [-0.39, 0.29) is 0 Å². The van der Waals surface area contributed by atoms with Crippen molar-refractivity contribution >= 4 is 11.3 Å². The summed E-state index contributed by atoms with van der Waals surface area (Å²) in [7, 11) is 3.51. The van der Waals surface area contributed by atoms with Crippen molar-refractivity contribution in [1.82, 2.24) is 10.3 Å². The molecule has 2 rings (SSSR count). The van der Waals surface area contributed by atoms with Crippen LogP contribution in [0.2, 0.25) is 0 Å². The minimum atomic E-state index is 0.641. The largest absolute Gasteiger partial charge is 0.496 e. The molecule has 0 amide bonds. The average Bonchev–Trinajstić information content (AvgIpc) is 2.85. The van der Waals surface area contributed by atoms with Crippen LogP contribution >= 0.6 is 11.3 Å². The molecule has 0 atom stereocenters. The number of methoxy groups -OCH3 is 1. The quantitative estimate of drug-likeness (QED) is 0.864. The molecule has 1 N–H and O–H groups in total. The van der Waals surface area contributed by atoms with Crippen LogP contribution in [-0.2, 0) is 6.54 Å². The van der Waals surface area contributed by atoms with E-state index in [1.165, 1.54) is 0 Å². The number of rotatable bonds is 4. The Kier molecular flexibility index (Phi) is 3.03. The van der Waals surface area contributed by atoms with Crippen LogP contribution in [0, 0.1) is 0 Å². The number of oxazole rings is 1. The van der Waals surface area contributed by atoms with Crippen molar-refractivity contribution in [3.05, 3.63) is 23.5 Å². The first-order valence-electron chi connectivity index (χ1n) is 4.55. The van der Waals surface area contributed by atoms with E-state index >= 15 is 0 Å². The van der Waals surface area contributed by atoms with Crippen molar-refractivity contribution in [2.24, 2.45) is 0 Å². The van der Waals surface area contributed by atoms with Crippen LogP contribution in [0.4, 0.5) is 0 Å². The first kappa shape index (κ1) is 10.2. The molecule has 2 aromatic rings. The average molecular weight is 224 g/mol. The molecule has 0 radical (unpaired) electrons. The van der Waals surface area contributed by atoms with Crippen LogP contribution in [0.15, 0.2) is 22.1 Å². The third-order valence-corrected chi connectivity index (χ3v) is 2.86. The maximum atomic E-state index is 5.55. The molecule has 4 nitrogen and oxygen atoms in total. The molecular weight excluding hydrogens is 212 g/mol. The van der Waals surface area contributed by atoms with Gasteiger partial charge in [-0.05, 0) is 7.05 Å². The molecule has 15 heavy (non-hydrogen) atoms. The highest BCUT2D eigenvalue weighted by atomic mass is 32.1. The minimum Gasteiger partial charge on any atom is -0.496 e. The minimum absolute atomic E-state index is 0.641. The van der Waals surface area contributed by atoms with Crippen molar-refractivity contribution in [3.63, 3.8) is 0 Å². The first-order valence-corrected chi connectivity index (χ1v) is 5.43. The van der Waals surface area contributed by atoms with E-state index in [1.54, 1.807) is 24.6 Å². The van der Waals surface area contributed by atoms with E-state index in [2.05, 4.69) is 10.3 Å². The van der Waals surface area contributed by atoms with E-state index in [0.717, 1.165) is 16.4 Å². The van der Waals surface area contributed by atoms with Crippen molar-refractivity contribution in [3.8, 4) is 16.4 Å². The summed E-state index contributed by atoms with van der Waals surface area (Å²) >= 11 is 1.58. The molecule has 0 aromatic carbocycles. The molecule has 0 saturated heterocycles. The maximum absolute atomic E-state index is 5.55.